The van der Waals surface area contributed by atoms with Crippen LogP contribution in [0.1, 0.15) is 30.5 Å². The third-order valence-corrected chi connectivity index (χ3v) is 2.73. The highest BCUT2D eigenvalue weighted by molar-refractivity contribution is 5.24. The Morgan fingerprint density at radius 3 is 2.28 bits per heavy atom. The molecule has 0 aliphatic rings. The molecule has 2 N–H and O–H groups in total. The first-order valence-corrected chi connectivity index (χ1v) is 5.80. The fraction of sp³-hybridized carbons (Fsp3) is 0.538. The van der Waals surface area contributed by atoms with E-state index in [9.17, 15) is 13.2 Å². The van der Waals surface area contributed by atoms with Crippen LogP contribution in [0.3, 0.4) is 0 Å². The maximum atomic E-state index is 12.0. The minimum atomic E-state index is -4.19. The van der Waals surface area contributed by atoms with Crippen LogP contribution in [0.25, 0.3) is 0 Å². The summed E-state index contributed by atoms with van der Waals surface area (Å²) in [5.41, 5.74) is 7.90. The van der Waals surface area contributed by atoms with E-state index in [0.717, 1.165) is 11.1 Å². The molecule has 5 heteroatoms. The van der Waals surface area contributed by atoms with Crippen LogP contribution in [0.5, 0.6) is 0 Å². The molecule has 0 saturated heterocycles. The summed E-state index contributed by atoms with van der Waals surface area (Å²) in [6.45, 7) is 3.28. The highest BCUT2D eigenvalue weighted by atomic mass is 19.4. The van der Waals surface area contributed by atoms with Gasteiger partial charge in [0.2, 0.25) is 0 Å². The Bertz CT molecular complexity index is 361. The van der Waals surface area contributed by atoms with E-state index >= 15 is 0 Å². The van der Waals surface area contributed by atoms with Crippen LogP contribution in [0.15, 0.2) is 24.3 Å². The lowest BCUT2D eigenvalue weighted by molar-refractivity contribution is -0.149. The first kappa shape index (κ1) is 15.0. The Balaban J connectivity index is 2.46. The molecule has 0 radical (unpaired) electrons. The molecule has 0 aliphatic carbocycles. The van der Waals surface area contributed by atoms with E-state index in [-0.39, 0.29) is 6.61 Å². The molecule has 2 atom stereocenters. The molecule has 1 aromatic rings. The number of aryl methyl sites for hydroxylation is 1. The summed E-state index contributed by atoms with van der Waals surface area (Å²) in [4.78, 5) is 0. The number of hydrogen-bond donors (Lipinski definition) is 1. The molecular formula is C13H18F3NO. The molecule has 18 heavy (non-hydrogen) atoms. The molecule has 0 aliphatic heterocycles. The Morgan fingerprint density at radius 2 is 1.78 bits per heavy atom. The van der Waals surface area contributed by atoms with Crippen molar-refractivity contribution in [3.05, 3.63) is 35.4 Å². The lowest BCUT2D eigenvalue weighted by Crippen LogP contribution is -2.27. The summed E-state index contributed by atoms with van der Waals surface area (Å²) in [6.07, 6.45) is -5.58. The van der Waals surface area contributed by atoms with Crippen LogP contribution in [0.2, 0.25) is 0 Å². The van der Waals surface area contributed by atoms with Gasteiger partial charge in [-0.25, -0.2) is 0 Å². The molecule has 1 aromatic carbocycles. The largest absolute Gasteiger partial charge is 0.391 e. The van der Waals surface area contributed by atoms with E-state index in [2.05, 4.69) is 0 Å². The van der Waals surface area contributed by atoms with Gasteiger partial charge in [0.1, 0.15) is 0 Å². The number of halogens is 3. The molecule has 0 fully saturated rings. The van der Waals surface area contributed by atoms with Crippen LogP contribution in [0, 0.1) is 6.92 Å². The molecule has 0 spiro atoms. The quantitative estimate of drug-likeness (QED) is 0.882. The standard InChI is InChI=1S/C13H18F3NO/c1-9-3-5-11(6-4-9)12(17)10(2)18-8-7-13(14,15)16/h3-6,10,12H,7-8,17H2,1-2H3. The van der Waals surface area contributed by atoms with Gasteiger partial charge < -0.3 is 10.5 Å². The van der Waals surface area contributed by atoms with Gasteiger partial charge in [-0.3, -0.25) is 0 Å². The smallest absolute Gasteiger partial charge is 0.376 e. The van der Waals surface area contributed by atoms with Crippen molar-refractivity contribution in [3.8, 4) is 0 Å². The number of ether oxygens (including phenoxy) is 1. The molecule has 2 nitrogen and oxygen atoms in total. The molecule has 0 amide bonds. The lowest BCUT2D eigenvalue weighted by atomic mass is 10.0. The van der Waals surface area contributed by atoms with Gasteiger partial charge >= 0.3 is 6.18 Å². The van der Waals surface area contributed by atoms with Crippen molar-refractivity contribution in [2.75, 3.05) is 6.61 Å². The third kappa shape index (κ3) is 5.06. The monoisotopic (exact) mass is 261 g/mol. The van der Waals surface area contributed by atoms with Gasteiger partial charge in [-0.15, -0.1) is 0 Å². The zero-order chi connectivity index (χ0) is 13.8. The number of alkyl halides is 3. The van der Waals surface area contributed by atoms with Crippen molar-refractivity contribution >= 4 is 0 Å². The summed E-state index contributed by atoms with van der Waals surface area (Å²) in [5.74, 6) is 0. The number of benzene rings is 1. The van der Waals surface area contributed by atoms with E-state index in [0.29, 0.717) is 0 Å². The van der Waals surface area contributed by atoms with Crippen molar-refractivity contribution in [1.29, 1.82) is 0 Å². The molecule has 0 heterocycles. The molecule has 0 aromatic heterocycles. The van der Waals surface area contributed by atoms with Gasteiger partial charge in [0.15, 0.2) is 0 Å². The topological polar surface area (TPSA) is 35.2 Å². The minimum absolute atomic E-state index is 0.357. The van der Waals surface area contributed by atoms with E-state index in [1.165, 1.54) is 0 Å². The maximum absolute atomic E-state index is 12.0. The number of nitrogens with two attached hydrogens (primary N) is 1. The van der Waals surface area contributed by atoms with Crippen LogP contribution >= 0.6 is 0 Å². The molecule has 2 unspecified atom stereocenters. The fourth-order valence-corrected chi connectivity index (χ4v) is 1.52. The molecule has 0 bridgehead atoms. The van der Waals surface area contributed by atoms with Gasteiger partial charge in [-0.05, 0) is 19.4 Å². The maximum Gasteiger partial charge on any atom is 0.391 e. The summed E-state index contributed by atoms with van der Waals surface area (Å²) >= 11 is 0. The van der Waals surface area contributed by atoms with Crippen LogP contribution < -0.4 is 5.73 Å². The number of rotatable bonds is 5. The van der Waals surface area contributed by atoms with Gasteiger partial charge in [0, 0.05) is 0 Å². The fourth-order valence-electron chi connectivity index (χ4n) is 1.52. The summed E-state index contributed by atoms with van der Waals surface area (Å²) in [7, 11) is 0. The molecule has 0 saturated carbocycles. The highest BCUT2D eigenvalue weighted by Gasteiger charge is 2.27. The third-order valence-electron chi connectivity index (χ3n) is 2.73. The predicted octanol–water partition coefficient (Wildman–Crippen LogP) is 3.35. The molecular weight excluding hydrogens is 243 g/mol. The van der Waals surface area contributed by atoms with Crippen molar-refractivity contribution in [3.63, 3.8) is 0 Å². The van der Waals surface area contributed by atoms with Crippen molar-refractivity contribution < 1.29 is 17.9 Å². The minimum Gasteiger partial charge on any atom is -0.376 e. The lowest BCUT2D eigenvalue weighted by Gasteiger charge is -2.21. The zero-order valence-corrected chi connectivity index (χ0v) is 10.5. The van der Waals surface area contributed by atoms with Gasteiger partial charge in [0.25, 0.3) is 0 Å². The second-order valence-electron chi connectivity index (χ2n) is 4.38. The average molecular weight is 261 g/mol. The molecule has 102 valence electrons. The highest BCUT2D eigenvalue weighted by Crippen LogP contribution is 2.21. The average Bonchev–Trinajstić information content (AvgIpc) is 2.27. The Morgan fingerprint density at radius 1 is 1.22 bits per heavy atom. The summed E-state index contributed by atoms with van der Waals surface area (Å²) in [5, 5.41) is 0. The first-order valence-electron chi connectivity index (χ1n) is 5.80. The van der Waals surface area contributed by atoms with Crippen LogP contribution in [-0.4, -0.2) is 18.9 Å². The zero-order valence-electron chi connectivity index (χ0n) is 10.5. The van der Waals surface area contributed by atoms with Crippen LogP contribution in [0.4, 0.5) is 13.2 Å². The second-order valence-corrected chi connectivity index (χ2v) is 4.38. The molecule has 1 rings (SSSR count). The summed E-state index contributed by atoms with van der Waals surface area (Å²) < 4.78 is 41.0. The Hall–Kier alpha value is -1.07. The predicted molar refractivity (Wildman–Crippen MR) is 64.2 cm³/mol. The first-order chi connectivity index (χ1) is 8.29. The van der Waals surface area contributed by atoms with Crippen molar-refractivity contribution in [1.82, 2.24) is 0 Å². The van der Waals surface area contributed by atoms with Gasteiger partial charge in [0.05, 0.1) is 25.2 Å². The summed E-state index contributed by atoms with van der Waals surface area (Å²) in [6, 6.07) is 7.14. The van der Waals surface area contributed by atoms with E-state index in [1.54, 1.807) is 6.92 Å². The van der Waals surface area contributed by atoms with E-state index in [1.807, 2.05) is 31.2 Å². The normalized spacial score (nSPS) is 15.4. The SMILES string of the molecule is Cc1ccc(C(N)C(C)OCCC(F)(F)F)cc1. The van der Waals surface area contributed by atoms with Crippen LogP contribution in [-0.2, 0) is 4.74 Å². The van der Waals surface area contributed by atoms with E-state index < -0.39 is 24.7 Å². The van der Waals surface area contributed by atoms with Crippen molar-refractivity contribution in [2.24, 2.45) is 5.73 Å². The number of hydrogen-bond acceptors (Lipinski definition) is 2. The van der Waals surface area contributed by atoms with Gasteiger partial charge in [-0.1, -0.05) is 29.8 Å². The van der Waals surface area contributed by atoms with Gasteiger partial charge in [-0.2, -0.15) is 13.2 Å². The second kappa shape index (κ2) is 6.20. The Labute approximate surface area is 105 Å². The Kier molecular flexibility index (Phi) is 5.16. The van der Waals surface area contributed by atoms with Crippen molar-refractivity contribution in [2.45, 2.75) is 38.6 Å². The van der Waals surface area contributed by atoms with E-state index in [4.69, 9.17) is 10.5 Å².